The lowest BCUT2D eigenvalue weighted by Gasteiger charge is -2.07. The maximum Gasteiger partial charge on any atom is 0.267 e. The number of carbonyl (C=O) groups is 1. The van der Waals surface area contributed by atoms with Gasteiger partial charge in [-0.2, -0.15) is 0 Å². The molecule has 0 spiro atoms. The highest BCUT2D eigenvalue weighted by atomic mass is 127. The number of halogens is 1. The standard InChI is InChI=1S/C8H10IN3O2/c1-5-11-3-6(9)8(14)12(5)4-7(13)10-2/h3H,4H2,1-2H3,(H,10,13). The highest BCUT2D eigenvalue weighted by molar-refractivity contribution is 14.1. The van der Waals surface area contributed by atoms with Crippen LogP contribution in [0.15, 0.2) is 11.0 Å². The minimum Gasteiger partial charge on any atom is -0.358 e. The first-order valence-corrected chi connectivity index (χ1v) is 5.06. The zero-order chi connectivity index (χ0) is 10.7. The maximum absolute atomic E-state index is 11.6. The molecule has 1 aromatic heterocycles. The highest BCUT2D eigenvalue weighted by Crippen LogP contribution is 1.96. The fourth-order valence-electron chi connectivity index (χ4n) is 0.960. The zero-order valence-electron chi connectivity index (χ0n) is 7.87. The molecule has 76 valence electrons. The number of amides is 1. The van der Waals surface area contributed by atoms with Crippen LogP contribution in [0.25, 0.3) is 0 Å². The first-order chi connectivity index (χ1) is 6.56. The van der Waals surface area contributed by atoms with Crippen molar-refractivity contribution in [2.24, 2.45) is 0 Å². The van der Waals surface area contributed by atoms with Crippen LogP contribution < -0.4 is 10.9 Å². The molecule has 5 nitrogen and oxygen atoms in total. The van der Waals surface area contributed by atoms with Crippen LogP contribution in [-0.4, -0.2) is 22.5 Å². The SMILES string of the molecule is CNC(=O)Cn1c(C)ncc(I)c1=O. The summed E-state index contributed by atoms with van der Waals surface area (Å²) in [6.07, 6.45) is 1.50. The summed E-state index contributed by atoms with van der Waals surface area (Å²) in [7, 11) is 1.53. The van der Waals surface area contributed by atoms with Gasteiger partial charge >= 0.3 is 0 Å². The summed E-state index contributed by atoms with van der Waals surface area (Å²) in [6, 6.07) is 0. The molecule has 0 radical (unpaired) electrons. The van der Waals surface area contributed by atoms with Crippen molar-refractivity contribution in [2.75, 3.05) is 7.05 Å². The minimum atomic E-state index is -0.209. The molecule has 0 saturated carbocycles. The van der Waals surface area contributed by atoms with Crippen LogP contribution in [0, 0.1) is 10.5 Å². The van der Waals surface area contributed by atoms with E-state index in [1.165, 1.54) is 17.8 Å². The lowest BCUT2D eigenvalue weighted by Crippen LogP contribution is -2.33. The first-order valence-electron chi connectivity index (χ1n) is 3.98. The van der Waals surface area contributed by atoms with Crippen LogP contribution in [0.5, 0.6) is 0 Å². The summed E-state index contributed by atoms with van der Waals surface area (Å²) < 4.78 is 1.86. The number of nitrogens with zero attached hydrogens (tertiary/aromatic N) is 2. The van der Waals surface area contributed by atoms with E-state index in [0.717, 1.165) is 0 Å². The average molecular weight is 307 g/mol. The lowest BCUT2D eigenvalue weighted by atomic mass is 10.5. The van der Waals surface area contributed by atoms with Gasteiger partial charge in [0.25, 0.3) is 5.56 Å². The number of hydrogen-bond acceptors (Lipinski definition) is 3. The number of aromatic nitrogens is 2. The highest BCUT2D eigenvalue weighted by Gasteiger charge is 2.08. The third kappa shape index (κ3) is 2.31. The second kappa shape index (κ2) is 4.54. The van der Waals surface area contributed by atoms with Crippen molar-refractivity contribution in [3.8, 4) is 0 Å². The minimum absolute atomic E-state index is 0.0189. The molecule has 14 heavy (non-hydrogen) atoms. The van der Waals surface area contributed by atoms with Crippen molar-refractivity contribution in [2.45, 2.75) is 13.5 Å². The molecule has 6 heteroatoms. The summed E-state index contributed by atoms with van der Waals surface area (Å²) in [5, 5.41) is 2.46. The predicted octanol–water partition coefficient (Wildman–Crippen LogP) is -0.0977. The van der Waals surface area contributed by atoms with Gasteiger partial charge in [0, 0.05) is 13.2 Å². The summed E-state index contributed by atoms with van der Waals surface area (Å²) in [5.41, 5.74) is -0.179. The van der Waals surface area contributed by atoms with E-state index in [2.05, 4.69) is 10.3 Å². The van der Waals surface area contributed by atoms with E-state index in [9.17, 15) is 9.59 Å². The Hall–Kier alpha value is -0.920. The van der Waals surface area contributed by atoms with E-state index in [1.807, 2.05) is 22.6 Å². The Morgan fingerprint density at radius 3 is 2.93 bits per heavy atom. The summed E-state index contributed by atoms with van der Waals surface area (Å²) in [4.78, 5) is 26.7. The Morgan fingerprint density at radius 2 is 2.36 bits per heavy atom. The smallest absolute Gasteiger partial charge is 0.267 e. The van der Waals surface area contributed by atoms with Crippen molar-refractivity contribution in [1.29, 1.82) is 0 Å². The van der Waals surface area contributed by atoms with E-state index >= 15 is 0 Å². The van der Waals surface area contributed by atoms with E-state index in [4.69, 9.17) is 0 Å². The van der Waals surface area contributed by atoms with Gasteiger partial charge in [-0.3, -0.25) is 14.2 Å². The molecule has 1 N–H and O–H groups in total. The predicted molar refractivity (Wildman–Crippen MR) is 60.0 cm³/mol. The van der Waals surface area contributed by atoms with Crippen LogP contribution in [0.4, 0.5) is 0 Å². The fraction of sp³-hybridized carbons (Fsp3) is 0.375. The monoisotopic (exact) mass is 307 g/mol. The van der Waals surface area contributed by atoms with Gasteiger partial charge in [0.2, 0.25) is 5.91 Å². The van der Waals surface area contributed by atoms with Gasteiger partial charge in [-0.1, -0.05) is 0 Å². The second-order valence-electron chi connectivity index (χ2n) is 2.72. The van der Waals surface area contributed by atoms with Crippen molar-refractivity contribution in [3.63, 3.8) is 0 Å². The molecule has 1 amide bonds. The normalized spacial score (nSPS) is 9.93. The number of likely N-dealkylation sites (N-methyl/N-ethyl adjacent to an activating group) is 1. The number of aryl methyl sites for hydroxylation is 1. The molecular weight excluding hydrogens is 297 g/mol. The molecule has 0 unspecified atom stereocenters. The molecule has 0 saturated heterocycles. The lowest BCUT2D eigenvalue weighted by molar-refractivity contribution is -0.121. The second-order valence-corrected chi connectivity index (χ2v) is 3.88. The van der Waals surface area contributed by atoms with E-state index in [1.54, 1.807) is 6.92 Å². The molecule has 0 aliphatic heterocycles. The molecule has 0 fully saturated rings. The molecule has 1 heterocycles. The van der Waals surface area contributed by atoms with E-state index < -0.39 is 0 Å². The van der Waals surface area contributed by atoms with Gasteiger partial charge in [0.05, 0.1) is 3.57 Å². The zero-order valence-corrected chi connectivity index (χ0v) is 10.0. The number of rotatable bonds is 2. The third-order valence-corrected chi connectivity index (χ3v) is 2.53. The first kappa shape index (κ1) is 11.2. The number of carbonyl (C=O) groups excluding carboxylic acids is 1. The molecule has 1 rings (SSSR count). The van der Waals surface area contributed by atoms with Crippen LogP contribution in [-0.2, 0) is 11.3 Å². The molecule has 0 aromatic carbocycles. The van der Waals surface area contributed by atoms with Gasteiger partial charge in [-0.25, -0.2) is 4.98 Å². The van der Waals surface area contributed by atoms with Crippen LogP contribution in [0.1, 0.15) is 5.82 Å². The van der Waals surface area contributed by atoms with Crippen molar-refractivity contribution in [1.82, 2.24) is 14.9 Å². The van der Waals surface area contributed by atoms with Gasteiger partial charge in [-0.05, 0) is 29.5 Å². The Labute approximate surface area is 94.7 Å². The molecular formula is C8H10IN3O2. The van der Waals surface area contributed by atoms with Gasteiger partial charge in [-0.15, -0.1) is 0 Å². The Balaban J connectivity index is 3.13. The maximum atomic E-state index is 11.6. The number of hydrogen-bond donors (Lipinski definition) is 1. The quantitative estimate of drug-likeness (QED) is 0.776. The van der Waals surface area contributed by atoms with Crippen LogP contribution in [0.2, 0.25) is 0 Å². The molecule has 0 bridgehead atoms. The fourth-order valence-corrected chi connectivity index (χ4v) is 1.39. The third-order valence-electron chi connectivity index (χ3n) is 1.79. The number of nitrogens with one attached hydrogen (secondary N) is 1. The summed E-state index contributed by atoms with van der Waals surface area (Å²) in [5.74, 6) is 0.331. The Kier molecular flexibility index (Phi) is 3.62. The van der Waals surface area contributed by atoms with Crippen molar-refractivity contribution < 1.29 is 4.79 Å². The van der Waals surface area contributed by atoms with Gasteiger partial charge in [0.15, 0.2) is 0 Å². The Bertz CT molecular complexity index is 414. The topological polar surface area (TPSA) is 64.0 Å². The molecule has 1 aromatic rings. The molecule has 0 aliphatic carbocycles. The molecule has 0 aliphatic rings. The summed E-state index contributed by atoms with van der Waals surface area (Å²) in [6.45, 7) is 1.71. The summed E-state index contributed by atoms with van der Waals surface area (Å²) >= 11 is 1.90. The average Bonchev–Trinajstić information content (AvgIpc) is 2.18. The van der Waals surface area contributed by atoms with Crippen LogP contribution >= 0.6 is 22.6 Å². The van der Waals surface area contributed by atoms with E-state index in [-0.39, 0.29) is 18.0 Å². The van der Waals surface area contributed by atoms with Crippen molar-refractivity contribution >= 4 is 28.5 Å². The van der Waals surface area contributed by atoms with Gasteiger partial charge < -0.3 is 5.32 Å². The van der Waals surface area contributed by atoms with Crippen LogP contribution in [0.3, 0.4) is 0 Å². The van der Waals surface area contributed by atoms with Crippen molar-refractivity contribution in [3.05, 3.63) is 25.9 Å². The largest absolute Gasteiger partial charge is 0.358 e. The Morgan fingerprint density at radius 1 is 1.71 bits per heavy atom. The van der Waals surface area contributed by atoms with E-state index in [0.29, 0.717) is 9.39 Å². The van der Waals surface area contributed by atoms with Gasteiger partial charge in [0.1, 0.15) is 12.4 Å². The molecule has 0 atom stereocenters.